The molecule has 29 heavy (non-hydrogen) atoms. The van der Waals surface area contributed by atoms with Crippen LogP contribution in [-0.4, -0.2) is 62.5 Å². The minimum atomic E-state index is -0.725. The Bertz CT molecular complexity index is 705. The molecule has 0 saturated carbocycles. The normalized spacial score (nSPS) is 19.8. The standard InChI is InChI=1S/C21H32N4O4/c1-13(2)11-17(21(28)25-19-14(3)29-12-18(19)26)24-20(27)15-5-7-16(8-6-15)23-10-9-22-4/h5-8,13-14,17,19,22-23H,9-12H2,1-4H3,(H,24,27)(H,25,28)/t14-,17+,19+/m1/s1. The average Bonchev–Trinajstić information content (AvgIpc) is 2.99. The molecule has 0 spiro atoms. The first-order valence-corrected chi connectivity index (χ1v) is 10.1. The number of hydrogen-bond acceptors (Lipinski definition) is 6. The van der Waals surface area contributed by atoms with E-state index >= 15 is 0 Å². The van der Waals surface area contributed by atoms with Gasteiger partial charge in [-0.2, -0.15) is 0 Å². The van der Waals surface area contributed by atoms with Gasteiger partial charge in [-0.25, -0.2) is 0 Å². The zero-order valence-corrected chi connectivity index (χ0v) is 17.6. The summed E-state index contributed by atoms with van der Waals surface area (Å²) in [6.07, 6.45) is 0.0991. The number of Topliss-reactive ketones (excluding diaryl/α,β-unsaturated/α-hetero) is 1. The Balaban J connectivity index is 2.00. The Hall–Kier alpha value is -2.45. The highest BCUT2D eigenvalue weighted by atomic mass is 16.5. The van der Waals surface area contributed by atoms with Gasteiger partial charge in [0, 0.05) is 24.3 Å². The Morgan fingerprint density at radius 1 is 1.17 bits per heavy atom. The van der Waals surface area contributed by atoms with E-state index in [1.165, 1.54) is 0 Å². The van der Waals surface area contributed by atoms with Gasteiger partial charge in [-0.05, 0) is 50.6 Å². The maximum absolute atomic E-state index is 12.7. The van der Waals surface area contributed by atoms with Crippen LogP contribution in [-0.2, 0) is 14.3 Å². The maximum Gasteiger partial charge on any atom is 0.251 e. The second kappa shape index (κ2) is 10.9. The maximum atomic E-state index is 12.7. The summed E-state index contributed by atoms with van der Waals surface area (Å²) in [6.45, 7) is 7.32. The molecule has 8 nitrogen and oxygen atoms in total. The van der Waals surface area contributed by atoms with Crippen molar-refractivity contribution in [2.75, 3.05) is 32.1 Å². The van der Waals surface area contributed by atoms with Crippen molar-refractivity contribution in [3.05, 3.63) is 29.8 Å². The quantitative estimate of drug-likeness (QED) is 0.432. The van der Waals surface area contributed by atoms with Crippen molar-refractivity contribution < 1.29 is 19.1 Å². The number of nitrogens with one attached hydrogen (secondary N) is 4. The van der Waals surface area contributed by atoms with Crippen molar-refractivity contribution in [2.45, 2.75) is 45.4 Å². The molecule has 1 fully saturated rings. The van der Waals surface area contributed by atoms with Crippen LogP contribution in [0.1, 0.15) is 37.6 Å². The predicted molar refractivity (Wildman–Crippen MR) is 112 cm³/mol. The van der Waals surface area contributed by atoms with Gasteiger partial charge < -0.3 is 26.0 Å². The second-order valence-corrected chi connectivity index (χ2v) is 7.73. The first kappa shape index (κ1) is 22.8. The Morgan fingerprint density at radius 3 is 2.41 bits per heavy atom. The van der Waals surface area contributed by atoms with Gasteiger partial charge in [-0.15, -0.1) is 0 Å². The molecule has 1 aliphatic heterocycles. The van der Waals surface area contributed by atoms with Crippen LogP contribution in [0.5, 0.6) is 0 Å². The van der Waals surface area contributed by atoms with Gasteiger partial charge in [0.05, 0.1) is 6.10 Å². The SMILES string of the molecule is CNCCNc1ccc(C(=O)N[C@@H](CC(C)C)C(=O)N[C@@H]2C(=O)CO[C@@H]2C)cc1. The summed E-state index contributed by atoms with van der Waals surface area (Å²) >= 11 is 0. The number of ether oxygens (including phenoxy) is 1. The number of hydrogen-bond donors (Lipinski definition) is 4. The predicted octanol–water partition coefficient (Wildman–Crippen LogP) is 0.935. The Kier molecular flexibility index (Phi) is 8.60. The van der Waals surface area contributed by atoms with E-state index in [1.54, 1.807) is 19.1 Å². The molecule has 0 aliphatic carbocycles. The first-order chi connectivity index (χ1) is 13.8. The van der Waals surface area contributed by atoms with Crippen LogP contribution in [0.3, 0.4) is 0 Å². The van der Waals surface area contributed by atoms with Crippen LogP contribution in [0.15, 0.2) is 24.3 Å². The van der Waals surface area contributed by atoms with Crippen LogP contribution < -0.4 is 21.3 Å². The molecule has 0 aromatic heterocycles. The molecule has 2 rings (SSSR count). The molecule has 2 amide bonds. The zero-order valence-electron chi connectivity index (χ0n) is 17.6. The topological polar surface area (TPSA) is 109 Å². The van der Waals surface area contributed by atoms with Crippen molar-refractivity contribution in [3.63, 3.8) is 0 Å². The third-order valence-electron chi connectivity index (χ3n) is 4.78. The second-order valence-electron chi connectivity index (χ2n) is 7.73. The monoisotopic (exact) mass is 404 g/mol. The summed E-state index contributed by atoms with van der Waals surface area (Å²) in [6, 6.07) is 5.71. The molecule has 3 atom stereocenters. The number of carbonyl (C=O) groups is 3. The molecule has 8 heteroatoms. The number of ketones is 1. The van der Waals surface area contributed by atoms with Crippen LogP contribution in [0, 0.1) is 5.92 Å². The number of amides is 2. The van der Waals surface area contributed by atoms with Gasteiger partial charge in [0.1, 0.15) is 18.7 Å². The minimum Gasteiger partial charge on any atom is -0.384 e. The molecule has 1 heterocycles. The van der Waals surface area contributed by atoms with E-state index in [4.69, 9.17) is 4.74 Å². The summed E-state index contributed by atoms with van der Waals surface area (Å²) in [4.78, 5) is 37.3. The van der Waals surface area contributed by atoms with E-state index in [1.807, 2.05) is 33.0 Å². The lowest BCUT2D eigenvalue weighted by Gasteiger charge is -2.23. The van der Waals surface area contributed by atoms with Crippen molar-refractivity contribution in [1.82, 2.24) is 16.0 Å². The summed E-state index contributed by atoms with van der Waals surface area (Å²) < 4.78 is 5.27. The lowest BCUT2D eigenvalue weighted by molar-refractivity contribution is -0.127. The third kappa shape index (κ3) is 6.83. The third-order valence-corrected chi connectivity index (χ3v) is 4.78. The van der Waals surface area contributed by atoms with Gasteiger partial charge in [0.2, 0.25) is 5.91 Å². The lowest BCUT2D eigenvalue weighted by atomic mass is 10.0. The largest absolute Gasteiger partial charge is 0.384 e. The molecule has 0 radical (unpaired) electrons. The summed E-state index contributed by atoms with van der Waals surface area (Å²) in [7, 11) is 1.88. The van der Waals surface area contributed by atoms with Gasteiger partial charge in [0.15, 0.2) is 5.78 Å². The summed E-state index contributed by atoms with van der Waals surface area (Å²) in [5.74, 6) is -0.651. The molecular formula is C21H32N4O4. The highest BCUT2D eigenvalue weighted by Crippen LogP contribution is 2.13. The summed E-state index contributed by atoms with van der Waals surface area (Å²) in [5.41, 5.74) is 1.39. The van der Waals surface area contributed by atoms with Crippen LogP contribution >= 0.6 is 0 Å². The van der Waals surface area contributed by atoms with Crippen molar-refractivity contribution >= 4 is 23.3 Å². The van der Waals surface area contributed by atoms with E-state index in [9.17, 15) is 14.4 Å². The lowest BCUT2D eigenvalue weighted by Crippen LogP contribution is -2.53. The fourth-order valence-corrected chi connectivity index (χ4v) is 3.13. The Labute approximate surface area is 172 Å². The van der Waals surface area contributed by atoms with Gasteiger partial charge in [-0.1, -0.05) is 13.8 Å². The number of benzene rings is 1. The first-order valence-electron chi connectivity index (χ1n) is 10.1. The number of anilines is 1. The molecule has 1 saturated heterocycles. The molecular weight excluding hydrogens is 372 g/mol. The van der Waals surface area contributed by atoms with E-state index in [0.29, 0.717) is 12.0 Å². The van der Waals surface area contributed by atoms with Gasteiger partial charge >= 0.3 is 0 Å². The Morgan fingerprint density at radius 2 is 1.86 bits per heavy atom. The molecule has 0 unspecified atom stereocenters. The highest BCUT2D eigenvalue weighted by Gasteiger charge is 2.35. The average molecular weight is 405 g/mol. The van der Waals surface area contributed by atoms with Crippen molar-refractivity contribution in [2.24, 2.45) is 5.92 Å². The van der Waals surface area contributed by atoms with Gasteiger partial charge in [0.25, 0.3) is 5.91 Å². The summed E-state index contributed by atoms with van der Waals surface area (Å²) in [5, 5.41) is 11.8. The van der Waals surface area contributed by atoms with E-state index in [2.05, 4.69) is 21.3 Å². The van der Waals surface area contributed by atoms with Crippen molar-refractivity contribution in [3.8, 4) is 0 Å². The molecule has 0 bridgehead atoms. The van der Waals surface area contributed by atoms with Crippen LogP contribution in [0.25, 0.3) is 0 Å². The molecule has 1 aromatic carbocycles. The van der Waals surface area contributed by atoms with E-state index in [0.717, 1.165) is 18.8 Å². The molecule has 1 aromatic rings. The van der Waals surface area contributed by atoms with Crippen LogP contribution in [0.4, 0.5) is 5.69 Å². The van der Waals surface area contributed by atoms with E-state index in [-0.39, 0.29) is 36.2 Å². The number of rotatable bonds is 10. The molecule has 160 valence electrons. The minimum absolute atomic E-state index is 0.00201. The number of likely N-dealkylation sites (N-methyl/N-ethyl adjacent to an activating group) is 1. The number of carbonyl (C=O) groups excluding carboxylic acids is 3. The van der Waals surface area contributed by atoms with E-state index < -0.39 is 12.1 Å². The smallest absolute Gasteiger partial charge is 0.251 e. The van der Waals surface area contributed by atoms with Crippen LogP contribution in [0.2, 0.25) is 0 Å². The molecule has 4 N–H and O–H groups in total. The van der Waals surface area contributed by atoms with Crippen molar-refractivity contribution in [1.29, 1.82) is 0 Å². The van der Waals surface area contributed by atoms with Gasteiger partial charge in [-0.3, -0.25) is 14.4 Å². The fraction of sp³-hybridized carbons (Fsp3) is 0.571. The highest BCUT2D eigenvalue weighted by molar-refractivity contribution is 5.99. The fourth-order valence-electron chi connectivity index (χ4n) is 3.13. The zero-order chi connectivity index (χ0) is 21.4. The molecule has 1 aliphatic rings.